The van der Waals surface area contributed by atoms with Crippen molar-refractivity contribution in [2.45, 2.75) is 44.9 Å². The van der Waals surface area contributed by atoms with Gasteiger partial charge in [-0.15, -0.1) is 0 Å². The third kappa shape index (κ3) is 7.68. The van der Waals surface area contributed by atoms with Crippen molar-refractivity contribution in [2.24, 2.45) is 11.7 Å². The van der Waals surface area contributed by atoms with Crippen molar-refractivity contribution in [3.63, 3.8) is 0 Å². The molecule has 2 atom stereocenters. The Labute approximate surface area is 97.6 Å². The van der Waals surface area contributed by atoms with E-state index >= 15 is 0 Å². The molecule has 15 heavy (non-hydrogen) atoms. The minimum atomic E-state index is -0.352. The van der Waals surface area contributed by atoms with Gasteiger partial charge in [-0.05, 0) is 25.0 Å². The van der Waals surface area contributed by atoms with E-state index in [1.54, 1.807) is 0 Å². The predicted molar refractivity (Wildman–Crippen MR) is 68.0 cm³/mol. The van der Waals surface area contributed by atoms with Crippen LogP contribution in [0.4, 0.5) is 0 Å². The summed E-state index contributed by atoms with van der Waals surface area (Å²) in [6.07, 6.45) is 3.84. The first-order valence-corrected chi connectivity index (χ1v) is 6.82. The zero-order valence-electron chi connectivity index (χ0n) is 10.2. The fourth-order valence-corrected chi connectivity index (χ4v) is 1.62. The summed E-state index contributed by atoms with van der Waals surface area (Å²) < 4.78 is 0. The SMILES string of the molecule is CSC(C)CCNC(=O)[C@H](N)CC(C)C. The zero-order chi connectivity index (χ0) is 11.8. The van der Waals surface area contributed by atoms with Crippen molar-refractivity contribution in [1.82, 2.24) is 5.32 Å². The topological polar surface area (TPSA) is 55.1 Å². The number of thioether (sulfide) groups is 1. The number of hydrogen-bond donors (Lipinski definition) is 2. The molecule has 0 saturated carbocycles. The number of nitrogens with two attached hydrogens (primary N) is 1. The third-order valence-corrected chi connectivity index (χ3v) is 3.36. The summed E-state index contributed by atoms with van der Waals surface area (Å²) in [6.45, 7) is 7.03. The van der Waals surface area contributed by atoms with Crippen LogP contribution in [0.25, 0.3) is 0 Å². The van der Waals surface area contributed by atoms with Crippen LogP contribution in [0, 0.1) is 5.92 Å². The Balaban J connectivity index is 3.64. The molecule has 0 aliphatic rings. The van der Waals surface area contributed by atoms with Gasteiger partial charge in [0.15, 0.2) is 0 Å². The highest BCUT2D eigenvalue weighted by atomic mass is 32.2. The first kappa shape index (κ1) is 14.8. The summed E-state index contributed by atoms with van der Waals surface area (Å²) >= 11 is 1.81. The van der Waals surface area contributed by atoms with Crippen molar-refractivity contribution in [3.8, 4) is 0 Å². The van der Waals surface area contributed by atoms with Crippen molar-refractivity contribution < 1.29 is 4.79 Å². The first-order chi connectivity index (χ1) is 6.97. The van der Waals surface area contributed by atoms with Gasteiger partial charge in [-0.2, -0.15) is 11.8 Å². The maximum atomic E-state index is 11.5. The molecule has 1 unspecified atom stereocenters. The number of hydrogen-bond acceptors (Lipinski definition) is 3. The van der Waals surface area contributed by atoms with Crippen LogP contribution in [0.1, 0.15) is 33.6 Å². The van der Waals surface area contributed by atoms with E-state index in [4.69, 9.17) is 5.73 Å². The Hall–Kier alpha value is -0.220. The Kier molecular flexibility index (Phi) is 7.88. The smallest absolute Gasteiger partial charge is 0.236 e. The summed E-state index contributed by atoms with van der Waals surface area (Å²) in [4.78, 5) is 11.5. The average Bonchev–Trinajstić information content (AvgIpc) is 2.16. The summed E-state index contributed by atoms with van der Waals surface area (Å²) in [7, 11) is 0. The maximum Gasteiger partial charge on any atom is 0.236 e. The Morgan fingerprint density at radius 1 is 1.40 bits per heavy atom. The molecule has 0 aliphatic heterocycles. The van der Waals surface area contributed by atoms with Crippen LogP contribution in [0.3, 0.4) is 0 Å². The fourth-order valence-electron chi connectivity index (χ4n) is 1.26. The highest BCUT2D eigenvalue weighted by molar-refractivity contribution is 7.99. The van der Waals surface area contributed by atoms with Crippen LogP contribution in [-0.4, -0.2) is 30.0 Å². The lowest BCUT2D eigenvalue weighted by atomic mass is 10.0. The van der Waals surface area contributed by atoms with Crippen molar-refractivity contribution in [3.05, 3.63) is 0 Å². The standard InChI is InChI=1S/C11H24N2OS/c1-8(2)7-10(12)11(14)13-6-5-9(3)15-4/h8-10H,5-7,12H2,1-4H3,(H,13,14)/t9?,10-/m1/s1. The molecule has 0 spiro atoms. The largest absolute Gasteiger partial charge is 0.355 e. The fraction of sp³-hybridized carbons (Fsp3) is 0.909. The van der Waals surface area contributed by atoms with Gasteiger partial charge in [0.2, 0.25) is 5.91 Å². The number of carbonyl (C=O) groups excluding carboxylic acids is 1. The van der Waals surface area contributed by atoms with Gasteiger partial charge in [0, 0.05) is 11.8 Å². The highest BCUT2D eigenvalue weighted by Crippen LogP contribution is 2.08. The molecule has 1 amide bonds. The molecule has 0 bridgehead atoms. The molecule has 0 aliphatic carbocycles. The molecule has 0 aromatic heterocycles. The van der Waals surface area contributed by atoms with Gasteiger partial charge in [0.05, 0.1) is 6.04 Å². The van der Waals surface area contributed by atoms with Crippen molar-refractivity contribution >= 4 is 17.7 Å². The van der Waals surface area contributed by atoms with E-state index in [0.29, 0.717) is 11.2 Å². The summed E-state index contributed by atoms with van der Waals surface area (Å²) in [5.41, 5.74) is 5.75. The van der Waals surface area contributed by atoms with Crippen molar-refractivity contribution in [2.75, 3.05) is 12.8 Å². The minimum Gasteiger partial charge on any atom is -0.355 e. The predicted octanol–water partition coefficient (Wildman–Crippen LogP) is 1.62. The Morgan fingerprint density at radius 3 is 2.47 bits per heavy atom. The van der Waals surface area contributed by atoms with Gasteiger partial charge in [0.25, 0.3) is 0 Å². The van der Waals surface area contributed by atoms with Crippen LogP contribution in [0.2, 0.25) is 0 Å². The molecular formula is C11H24N2OS. The zero-order valence-corrected chi connectivity index (χ0v) is 11.1. The van der Waals surface area contributed by atoms with Gasteiger partial charge in [-0.3, -0.25) is 4.79 Å². The van der Waals surface area contributed by atoms with E-state index in [1.807, 2.05) is 11.8 Å². The van der Waals surface area contributed by atoms with E-state index in [1.165, 1.54) is 0 Å². The molecule has 90 valence electrons. The van der Waals surface area contributed by atoms with Gasteiger partial charge >= 0.3 is 0 Å². The molecule has 0 fully saturated rings. The Bertz CT molecular complexity index is 185. The van der Waals surface area contributed by atoms with Gasteiger partial charge in [-0.25, -0.2) is 0 Å². The van der Waals surface area contributed by atoms with E-state index in [2.05, 4.69) is 32.3 Å². The molecule has 0 aromatic carbocycles. The molecule has 3 N–H and O–H groups in total. The molecule has 0 aromatic rings. The van der Waals surface area contributed by atoms with Crippen LogP contribution in [0.5, 0.6) is 0 Å². The number of rotatable bonds is 7. The van der Waals surface area contributed by atoms with Crippen LogP contribution in [-0.2, 0) is 4.79 Å². The molecule has 0 radical (unpaired) electrons. The minimum absolute atomic E-state index is 0.0167. The molecule has 4 heteroatoms. The lowest BCUT2D eigenvalue weighted by Crippen LogP contribution is -2.42. The average molecular weight is 232 g/mol. The van der Waals surface area contributed by atoms with Crippen LogP contribution in [0.15, 0.2) is 0 Å². The maximum absolute atomic E-state index is 11.5. The van der Waals surface area contributed by atoms with E-state index in [0.717, 1.165) is 19.4 Å². The molecule has 0 saturated heterocycles. The second kappa shape index (κ2) is 7.99. The van der Waals surface area contributed by atoms with Crippen molar-refractivity contribution in [1.29, 1.82) is 0 Å². The molecule has 0 rings (SSSR count). The summed E-state index contributed by atoms with van der Waals surface area (Å²) in [5, 5.41) is 3.47. The monoisotopic (exact) mass is 232 g/mol. The number of nitrogens with one attached hydrogen (secondary N) is 1. The summed E-state index contributed by atoms with van der Waals surface area (Å²) in [6, 6.07) is -0.352. The third-order valence-electron chi connectivity index (χ3n) is 2.31. The molecule has 0 heterocycles. The lowest BCUT2D eigenvalue weighted by Gasteiger charge is -2.15. The van der Waals surface area contributed by atoms with E-state index < -0.39 is 0 Å². The molecular weight excluding hydrogens is 208 g/mol. The van der Waals surface area contributed by atoms with Gasteiger partial charge < -0.3 is 11.1 Å². The normalized spacial score (nSPS) is 15.1. The van der Waals surface area contributed by atoms with Crippen LogP contribution < -0.4 is 11.1 Å². The molecule has 3 nitrogen and oxygen atoms in total. The summed E-state index contributed by atoms with van der Waals surface area (Å²) in [5.74, 6) is 0.452. The van der Waals surface area contributed by atoms with Crippen LogP contribution >= 0.6 is 11.8 Å². The van der Waals surface area contributed by atoms with E-state index in [9.17, 15) is 4.79 Å². The van der Waals surface area contributed by atoms with Gasteiger partial charge in [-0.1, -0.05) is 20.8 Å². The second-order valence-corrected chi connectivity index (χ2v) is 5.64. The lowest BCUT2D eigenvalue weighted by molar-refractivity contribution is -0.122. The Morgan fingerprint density at radius 2 is 2.00 bits per heavy atom. The second-order valence-electron chi connectivity index (χ2n) is 4.36. The highest BCUT2D eigenvalue weighted by Gasteiger charge is 2.14. The van der Waals surface area contributed by atoms with Gasteiger partial charge in [0.1, 0.15) is 0 Å². The number of carbonyl (C=O) groups is 1. The number of amides is 1. The first-order valence-electron chi connectivity index (χ1n) is 5.53. The van der Waals surface area contributed by atoms with E-state index in [-0.39, 0.29) is 11.9 Å². The quantitative estimate of drug-likeness (QED) is 0.701.